The second-order valence-electron chi connectivity index (χ2n) is 4.89. The van der Waals surface area contributed by atoms with E-state index in [-0.39, 0.29) is 5.91 Å². The number of benzene rings is 1. The van der Waals surface area contributed by atoms with Crippen LogP contribution in [-0.2, 0) is 0 Å². The zero-order valence-corrected chi connectivity index (χ0v) is 12.2. The molecule has 1 heterocycles. The summed E-state index contributed by atoms with van der Waals surface area (Å²) in [7, 11) is 1.78. The van der Waals surface area contributed by atoms with Crippen molar-refractivity contribution >= 4 is 17.4 Å². The van der Waals surface area contributed by atoms with Crippen LogP contribution in [0.15, 0.2) is 30.3 Å². The number of nitrogens with one attached hydrogen (secondary N) is 2. The van der Waals surface area contributed by atoms with Crippen molar-refractivity contribution in [2.24, 2.45) is 0 Å². The summed E-state index contributed by atoms with van der Waals surface area (Å²) in [5.74, 6) is 0.479. The van der Waals surface area contributed by atoms with Gasteiger partial charge < -0.3 is 10.6 Å². The van der Waals surface area contributed by atoms with Gasteiger partial charge in [0.1, 0.15) is 11.5 Å². The van der Waals surface area contributed by atoms with Crippen LogP contribution in [0.25, 0.3) is 0 Å². The molecule has 0 bridgehead atoms. The highest BCUT2D eigenvalue weighted by atomic mass is 16.1. The Morgan fingerprint density at radius 1 is 1.10 bits per heavy atom. The third-order valence-corrected chi connectivity index (χ3v) is 3.15. The highest BCUT2D eigenvalue weighted by Gasteiger charge is 2.11. The number of aryl methyl sites for hydroxylation is 3. The van der Waals surface area contributed by atoms with E-state index in [0.29, 0.717) is 11.5 Å². The molecule has 1 amide bonds. The minimum Gasteiger partial charge on any atom is -0.373 e. The van der Waals surface area contributed by atoms with Crippen molar-refractivity contribution in [1.29, 1.82) is 0 Å². The maximum atomic E-state index is 12.3. The van der Waals surface area contributed by atoms with Crippen LogP contribution in [-0.4, -0.2) is 17.9 Å². The summed E-state index contributed by atoms with van der Waals surface area (Å²) in [5, 5.41) is 5.87. The van der Waals surface area contributed by atoms with E-state index in [1.54, 1.807) is 13.1 Å². The predicted molar refractivity (Wildman–Crippen MR) is 82.4 cm³/mol. The second kappa shape index (κ2) is 5.74. The van der Waals surface area contributed by atoms with Crippen LogP contribution in [0.2, 0.25) is 0 Å². The molecule has 2 N–H and O–H groups in total. The highest BCUT2D eigenvalue weighted by molar-refractivity contribution is 6.03. The first-order chi connectivity index (χ1) is 9.51. The molecule has 4 heteroatoms. The Morgan fingerprint density at radius 2 is 1.75 bits per heavy atom. The monoisotopic (exact) mass is 269 g/mol. The van der Waals surface area contributed by atoms with Crippen molar-refractivity contribution in [3.8, 4) is 0 Å². The first-order valence-corrected chi connectivity index (χ1v) is 6.55. The molecule has 2 aromatic rings. The third kappa shape index (κ3) is 2.96. The minimum absolute atomic E-state index is 0.197. The molecule has 0 aliphatic carbocycles. The van der Waals surface area contributed by atoms with Crippen LogP contribution in [0.3, 0.4) is 0 Å². The number of anilines is 2. The molecular formula is C16H19N3O. The van der Waals surface area contributed by atoms with Gasteiger partial charge in [0.05, 0.1) is 0 Å². The van der Waals surface area contributed by atoms with Crippen LogP contribution in [0, 0.1) is 20.8 Å². The number of rotatable bonds is 3. The molecule has 0 fully saturated rings. The molecule has 2 rings (SSSR count). The summed E-state index contributed by atoms with van der Waals surface area (Å²) in [4.78, 5) is 16.5. The van der Waals surface area contributed by atoms with Crippen LogP contribution in [0.5, 0.6) is 0 Å². The number of hydrogen-bond donors (Lipinski definition) is 2. The number of amides is 1. The number of hydrogen-bond acceptors (Lipinski definition) is 3. The highest BCUT2D eigenvalue weighted by Crippen LogP contribution is 2.22. The summed E-state index contributed by atoms with van der Waals surface area (Å²) in [6, 6.07) is 9.44. The number of carbonyl (C=O) groups is 1. The largest absolute Gasteiger partial charge is 0.373 e. The van der Waals surface area contributed by atoms with E-state index in [1.807, 2.05) is 32.9 Å². The normalized spacial score (nSPS) is 10.2. The van der Waals surface area contributed by atoms with Gasteiger partial charge in [-0.25, -0.2) is 4.98 Å². The molecule has 0 spiro atoms. The summed E-state index contributed by atoms with van der Waals surface area (Å²) in [6.07, 6.45) is 0. The van der Waals surface area contributed by atoms with Crippen molar-refractivity contribution in [2.45, 2.75) is 20.8 Å². The van der Waals surface area contributed by atoms with Crippen LogP contribution in [0.4, 0.5) is 11.5 Å². The fraction of sp³-hybridized carbons (Fsp3) is 0.250. The van der Waals surface area contributed by atoms with Crippen molar-refractivity contribution in [3.63, 3.8) is 0 Å². The molecule has 20 heavy (non-hydrogen) atoms. The quantitative estimate of drug-likeness (QED) is 0.899. The Hall–Kier alpha value is -2.36. The first-order valence-electron chi connectivity index (χ1n) is 6.55. The third-order valence-electron chi connectivity index (χ3n) is 3.15. The van der Waals surface area contributed by atoms with Gasteiger partial charge in [-0.05, 0) is 44.0 Å². The molecule has 0 unspecified atom stereocenters. The van der Waals surface area contributed by atoms with Gasteiger partial charge in [-0.15, -0.1) is 0 Å². The van der Waals surface area contributed by atoms with E-state index in [4.69, 9.17) is 0 Å². The molecule has 1 aromatic carbocycles. The number of carbonyl (C=O) groups excluding carboxylic acids is 1. The van der Waals surface area contributed by atoms with E-state index in [9.17, 15) is 4.79 Å². The van der Waals surface area contributed by atoms with Crippen LogP contribution >= 0.6 is 0 Å². The fourth-order valence-corrected chi connectivity index (χ4v) is 2.26. The number of nitrogens with zero attached hydrogens (tertiary/aromatic N) is 1. The maximum Gasteiger partial charge on any atom is 0.274 e. The van der Waals surface area contributed by atoms with Crippen LogP contribution in [0.1, 0.15) is 27.2 Å². The smallest absolute Gasteiger partial charge is 0.274 e. The molecule has 0 saturated carbocycles. The molecule has 0 atom stereocenters. The predicted octanol–water partition coefficient (Wildman–Crippen LogP) is 3.30. The second-order valence-corrected chi connectivity index (χ2v) is 4.89. The Bertz CT molecular complexity index is 627. The summed E-state index contributed by atoms with van der Waals surface area (Å²) >= 11 is 0. The average molecular weight is 269 g/mol. The van der Waals surface area contributed by atoms with Crippen LogP contribution < -0.4 is 10.6 Å². The molecular weight excluding hydrogens is 250 g/mol. The van der Waals surface area contributed by atoms with Crippen molar-refractivity contribution in [1.82, 2.24) is 4.98 Å². The van der Waals surface area contributed by atoms with Gasteiger partial charge in [-0.3, -0.25) is 4.79 Å². The Labute approximate surface area is 119 Å². The zero-order chi connectivity index (χ0) is 14.7. The molecule has 0 radical (unpaired) electrons. The SMILES string of the molecule is CNc1cccc(C(=O)Nc2c(C)cc(C)cc2C)n1. The minimum atomic E-state index is -0.197. The van der Waals surface area contributed by atoms with Gasteiger partial charge in [0, 0.05) is 12.7 Å². The zero-order valence-electron chi connectivity index (χ0n) is 12.2. The Balaban J connectivity index is 2.28. The lowest BCUT2D eigenvalue weighted by atomic mass is 10.0. The topological polar surface area (TPSA) is 54.0 Å². The van der Waals surface area contributed by atoms with Crippen molar-refractivity contribution in [3.05, 3.63) is 52.7 Å². The lowest BCUT2D eigenvalue weighted by Gasteiger charge is -2.12. The van der Waals surface area contributed by atoms with Crippen molar-refractivity contribution < 1.29 is 4.79 Å². The molecule has 4 nitrogen and oxygen atoms in total. The standard InChI is InChI=1S/C16H19N3O/c1-10-8-11(2)15(12(3)9-10)19-16(20)13-6-5-7-14(17-4)18-13/h5-9H,1-4H3,(H,17,18)(H,19,20). The molecule has 104 valence electrons. The molecule has 0 aliphatic rings. The fourth-order valence-electron chi connectivity index (χ4n) is 2.26. The lowest BCUT2D eigenvalue weighted by Crippen LogP contribution is -2.16. The van der Waals surface area contributed by atoms with E-state index in [1.165, 1.54) is 5.56 Å². The van der Waals surface area contributed by atoms with Gasteiger partial charge in [-0.2, -0.15) is 0 Å². The molecule has 0 aliphatic heterocycles. The van der Waals surface area contributed by atoms with Crippen molar-refractivity contribution in [2.75, 3.05) is 17.7 Å². The summed E-state index contributed by atoms with van der Waals surface area (Å²) in [6.45, 7) is 6.03. The van der Waals surface area contributed by atoms with E-state index >= 15 is 0 Å². The number of pyridine rings is 1. The van der Waals surface area contributed by atoms with Gasteiger partial charge in [0.2, 0.25) is 0 Å². The molecule has 1 aromatic heterocycles. The average Bonchev–Trinajstić information content (AvgIpc) is 2.42. The van der Waals surface area contributed by atoms with Gasteiger partial charge in [0.25, 0.3) is 5.91 Å². The van der Waals surface area contributed by atoms with E-state index in [2.05, 4.69) is 27.8 Å². The summed E-state index contributed by atoms with van der Waals surface area (Å²) < 4.78 is 0. The van der Waals surface area contributed by atoms with E-state index in [0.717, 1.165) is 16.8 Å². The van der Waals surface area contributed by atoms with Gasteiger partial charge >= 0.3 is 0 Å². The molecule has 0 saturated heterocycles. The van der Waals surface area contributed by atoms with E-state index < -0.39 is 0 Å². The Kier molecular flexibility index (Phi) is 4.03. The maximum absolute atomic E-state index is 12.3. The summed E-state index contributed by atoms with van der Waals surface area (Å²) in [5.41, 5.74) is 4.56. The Morgan fingerprint density at radius 3 is 2.35 bits per heavy atom. The lowest BCUT2D eigenvalue weighted by molar-refractivity contribution is 0.102. The van der Waals surface area contributed by atoms with Gasteiger partial charge in [-0.1, -0.05) is 23.8 Å². The van der Waals surface area contributed by atoms with Gasteiger partial charge in [0.15, 0.2) is 0 Å². The number of aromatic nitrogens is 1. The first kappa shape index (κ1) is 14.1.